The molecule has 0 heterocycles. The van der Waals surface area contributed by atoms with Crippen LogP contribution in [-0.4, -0.2) is 5.78 Å². The minimum absolute atomic E-state index is 0.367. The summed E-state index contributed by atoms with van der Waals surface area (Å²) in [5.41, 5.74) is 0.762. The summed E-state index contributed by atoms with van der Waals surface area (Å²) in [7, 11) is 0. The standard InChI is InChI=1S/C21H17FO/c1-21(22,20(23)18-10-6-3-7-11-18)19-14-12-17(13-15-19)16-8-4-2-5-9-16/h2-15H,1H3. The Bertz CT molecular complexity index is 790. The summed E-state index contributed by atoms with van der Waals surface area (Å²) in [4.78, 5) is 12.4. The maximum atomic E-state index is 15.1. The van der Waals surface area contributed by atoms with Crippen LogP contribution in [0, 0.1) is 0 Å². The summed E-state index contributed by atoms with van der Waals surface area (Å²) in [5, 5.41) is 0. The molecule has 0 N–H and O–H groups in total. The maximum Gasteiger partial charge on any atom is 0.204 e. The lowest BCUT2D eigenvalue weighted by molar-refractivity contribution is 0.0720. The monoisotopic (exact) mass is 304 g/mol. The second-order valence-corrected chi connectivity index (χ2v) is 5.64. The van der Waals surface area contributed by atoms with Crippen molar-refractivity contribution < 1.29 is 9.18 Å². The predicted molar refractivity (Wildman–Crippen MR) is 91.1 cm³/mol. The summed E-state index contributed by atoms with van der Waals surface area (Å²) in [6, 6.07) is 25.5. The van der Waals surface area contributed by atoms with Crippen molar-refractivity contribution >= 4 is 5.78 Å². The van der Waals surface area contributed by atoms with Crippen LogP contribution >= 0.6 is 0 Å². The van der Waals surface area contributed by atoms with Gasteiger partial charge in [-0.25, -0.2) is 4.39 Å². The summed E-state index contributed by atoms with van der Waals surface area (Å²) in [6.45, 7) is 1.32. The lowest BCUT2D eigenvalue weighted by Crippen LogP contribution is -2.27. The van der Waals surface area contributed by atoms with E-state index in [-0.39, 0.29) is 0 Å². The van der Waals surface area contributed by atoms with Crippen molar-refractivity contribution in [2.45, 2.75) is 12.6 Å². The average Bonchev–Trinajstić information content (AvgIpc) is 2.62. The topological polar surface area (TPSA) is 17.1 Å². The van der Waals surface area contributed by atoms with E-state index in [1.165, 1.54) is 6.92 Å². The molecule has 0 aliphatic carbocycles. The minimum Gasteiger partial charge on any atom is -0.290 e. The molecule has 3 rings (SSSR count). The molecule has 0 aliphatic rings. The first kappa shape index (κ1) is 15.2. The summed E-state index contributed by atoms with van der Waals surface area (Å²) in [6.07, 6.45) is 0. The van der Waals surface area contributed by atoms with Gasteiger partial charge in [0, 0.05) is 5.56 Å². The largest absolute Gasteiger partial charge is 0.290 e. The van der Waals surface area contributed by atoms with Gasteiger partial charge in [0.2, 0.25) is 5.78 Å². The fraction of sp³-hybridized carbons (Fsp3) is 0.0952. The van der Waals surface area contributed by atoms with E-state index in [1.54, 1.807) is 42.5 Å². The van der Waals surface area contributed by atoms with E-state index in [9.17, 15) is 4.79 Å². The van der Waals surface area contributed by atoms with Crippen molar-refractivity contribution in [1.82, 2.24) is 0 Å². The van der Waals surface area contributed by atoms with Crippen molar-refractivity contribution in [2.24, 2.45) is 0 Å². The third kappa shape index (κ3) is 3.07. The molecule has 0 bridgehead atoms. The molecule has 0 radical (unpaired) electrons. The smallest absolute Gasteiger partial charge is 0.204 e. The van der Waals surface area contributed by atoms with Crippen molar-refractivity contribution in [3.63, 3.8) is 0 Å². The molecule has 0 spiro atoms. The van der Waals surface area contributed by atoms with E-state index in [0.717, 1.165) is 11.1 Å². The van der Waals surface area contributed by atoms with Gasteiger partial charge in [-0.1, -0.05) is 84.9 Å². The molecule has 0 amide bonds. The SMILES string of the molecule is CC(F)(C(=O)c1ccccc1)c1ccc(-c2ccccc2)cc1. The van der Waals surface area contributed by atoms with E-state index in [2.05, 4.69) is 0 Å². The lowest BCUT2D eigenvalue weighted by Gasteiger charge is -2.20. The molecule has 3 aromatic carbocycles. The number of halogens is 1. The molecule has 1 atom stereocenters. The van der Waals surface area contributed by atoms with E-state index in [0.29, 0.717) is 11.1 Å². The highest BCUT2D eigenvalue weighted by molar-refractivity contribution is 6.02. The zero-order chi connectivity index (χ0) is 16.3. The van der Waals surface area contributed by atoms with Gasteiger partial charge in [-0.2, -0.15) is 0 Å². The molecule has 0 fully saturated rings. The van der Waals surface area contributed by atoms with Gasteiger partial charge in [0.1, 0.15) is 0 Å². The number of rotatable bonds is 4. The summed E-state index contributed by atoms with van der Waals surface area (Å²) < 4.78 is 15.1. The molecule has 1 unspecified atom stereocenters. The van der Waals surface area contributed by atoms with E-state index < -0.39 is 11.5 Å². The Balaban J connectivity index is 1.90. The summed E-state index contributed by atoms with van der Waals surface area (Å²) >= 11 is 0. The number of alkyl halides is 1. The summed E-state index contributed by atoms with van der Waals surface area (Å²) in [5.74, 6) is -0.523. The van der Waals surface area contributed by atoms with Crippen LogP contribution in [-0.2, 0) is 5.67 Å². The minimum atomic E-state index is -2.05. The Labute approximate surface area is 135 Å². The van der Waals surface area contributed by atoms with Gasteiger partial charge in [0.15, 0.2) is 5.67 Å². The van der Waals surface area contributed by atoms with Crippen molar-refractivity contribution in [2.75, 3.05) is 0 Å². The number of carbonyl (C=O) groups excluding carboxylic acids is 1. The average molecular weight is 304 g/mol. The van der Waals surface area contributed by atoms with Gasteiger partial charge in [-0.3, -0.25) is 4.79 Å². The fourth-order valence-electron chi connectivity index (χ4n) is 2.60. The van der Waals surface area contributed by atoms with Crippen molar-refractivity contribution in [3.8, 4) is 11.1 Å². The molecule has 0 saturated carbocycles. The second-order valence-electron chi connectivity index (χ2n) is 5.64. The number of benzene rings is 3. The van der Waals surface area contributed by atoms with Crippen molar-refractivity contribution in [1.29, 1.82) is 0 Å². The zero-order valence-electron chi connectivity index (χ0n) is 12.9. The van der Waals surface area contributed by atoms with Gasteiger partial charge in [0.05, 0.1) is 0 Å². The van der Waals surface area contributed by atoms with Crippen LogP contribution in [0.4, 0.5) is 4.39 Å². The third-order valence-electron chi connectivity index (χ3n) is 4.00. The molecular formula is C21H17FO. The first-order valence-corrected chi connectivity index (χ1v) is 7.54. The number of hydrogen-bond acceptors (Lipinski definition) is 1. The predicted octanol–water partition coefficient (Wildman–Crippen LogP) is 5.42. The number of carbonyl (C=O) groups is 1. The van der Waals surface area contributed by atoms with E-state index in [4.69, 9.17) is 0 Å². The molecule has 0 aromatic heterocycles. The highest BCUT2D eigenvalue weighted by atomic mass is 19.1. The van der Waals surface area contributed by atoms with Gasteiger partial charge in [0.25, 0.3) is 0 Å². The quantitative estimate of drug-likeness (QED) is 0.588. The molecule has 0 aliphatic heterocycles. The molecule has 0 saturated heterocycles. The van der Waals surface area contributed by atoms with Crippen LogP contribution in [0.15, 0.2) is 84.9 Å². The third-order valence-corrected chi connectivity index (χ3v) is 4.00. The molecular weight excluding hydrogens is 287 g/mol. The first-order valence-electron chi connectivity index (χ1n) is 7.54. The normalized spacial score (nSPS) is 13.3. The highest BCUT2D eigenvalue weighted by Crippen LogP contribution is 2.31. The molecule has 1 nitrogen and oxygen atoms in total. The van der Waals surface area contributed by atoms with Crippen LogP contribution in [0.3, 0.4) is 0 Å². The van der Waals surface area contributed by atoms with Crippen molar-refractivity contribution in [3.05, 3.63) is 96.1 Å². The first-order chi connectivity index (χ1) is 11.1. The molecule has 3 aromatic rings. The van der Waals surface area contributed by atoms with Gasteiger partial charge < -0.3 is 0 Å². The molecule has 23 heavy (non-hydrogen) atoms. The highest BCUT2D eigenvalue weighted by Gasteiger charge is 2.35. The second kappa shape index (κ2) is 6.17. The van der Waals surface area contributed by atoms with Crippen LogP contribution in [0.2, 0.25) is 0 Å². The number of ketones is 1. The Hall–Kier alpha value is -2.74. The maximum absolute atomic E-state index is 15.1. The van der Waals surface area contributed by atoms with Gasteiger partial charge in [-0.05, 0) is 23.6 Å². The Morgan fingerprint density at radius 3 is 1.78 bits per heavy atom. The Morgan fingerprint density at radius 2 is 1.22 bits per heavy atom. The van der Waals surface area contributed by atoms with Crippen LogP contribution in [0.5, 0.6) is 0 Å². The van der Waals surface area contributed by atoms with Crippen LogP contribution in [0.25, 0.3) is 11.1 Å². The zero-order valence-corrected chi connectivity index (χ0v) is 12.9. The van der Waals surface area contributed by atoms with Gasteiger partial charge in [-0.15, -0.1) is 0 Å². The Kier molecular flexibility index (Phi) is 4.07. The molecule has 2 heteroatoms. The van der Waals surface area contributed by atoms with E-state index >= 15 is 4.39 Å². The van der Waals surface area contributed by atoms with Crippen LogP contribution in [0.1, 0.15) is 22.8 Å². The molecule has 114 valence electrons. The Morgan fingerprint density at radius 1 is 0.739 bits per heavy atom. The number of Topliss-reactive ketones (excluding diaryl/α,β-unsaturated/α-hetero) is 1. The van der Waals surface area contributed by atoms with Crippen LogP contribution < -0.4 is 0 Å². The lowest BCUT2D eigenvalue weighted by atomic mass is 9.88. The fourth-order valence-corrected chi connectivity index (χ4v) is 2.60. The van der Waals surface area contributed by atoms with Gasteiger partial charge >= 0.3 is 0 Å². The van der Waals surface area contributed by atoms with E-state index in [1.807, 2.05) is 42.5 Å². The number of hydrogen-bond donors (Lipinski definition) is 0.